The Morgan fingerprint density at radius 3 is 2.65 bits per heavy atom. The summed E-state index contributed by atoms with van der Waals surface area (Å²) < 4.78 is 5.85. The van der Waals surface area contributed by atoms with Gasteiger partial charge in [-0.05, 0) is 32.0 Å². The largest absolute Gasteiger partial charge is 0.485 e. The van der Waals surface area contributed by atoms with E-state index in [9.17, 15) is 5.11 Å². The number of aliphatic hydroxyl groups excluding tert-OH is 1. The highest BCUT2D eigenvalue weighted by Crippen LogP contribution is 2.40. The van der Waals surface area contributed by atoms with Crippen LogP contribution in [-0.4, -0.2) is 41.8 Å². The van der Waals surface area contributed by atoms with Crippen LogP contribution in [0.4, 0.5) is 0 Å². The quantitative estimate of drug-likeness (QED) is 0.457. The molecule has 1 aromatic carbocycles. The first kappa shape index (κ1) is 16.6. The highest BCUT2D eigenvalue weighted by Gasteiger charge is 2.43. The Morgan fingerprint density at radius 1 is 1.39 bits per heavy atom. The summed E-state index contributed by atoms with van der Waals surface area (Å²) in [5.41, 5.74) is 0.293. The molecule has 0 aliphatic carbocycles. The summed E-state index contributed by atoms with van der Waals surface area (Å²) in [6.45, 7) is 3.56. The summed E-state index contributed by atoms with van der Waals surface area (Å²) in [5, 5.41) is 31.7. The van der Waals surface area contributed by atoms with Gasteiger partial charge in [0.2, 0.25) is 12.2 Å². The number of benzene rings is 1. The van der Waals surface area contributed by atoms with Crippen molar-refractivity contribution < 1.29 is 9.84 Å². The molecule has 7 nitrogen and oxygen atoms in total. The number of fused-ring (bicyclic) bond motifs is 1. The lowest BCUT2D eigenvalue weighted by molar-refractivity contribution is -0.0614. The third-order valence-corrected chi connectivity index (χ3v) is 3.74. The summed E-state index contributed by atoms with van der Waals surface area (Å²) in [6.07, 6.45) is 0.844. The van der Waals surface area contributed by atoms with Gasteiger partial charge in [-0.25, -0.2) is 0 Å². The van der Waals surface area contributed by atoms with Crippen molar-refractivity contribution in [2.45, 2.75) is 31.6 Å². The molecular formula is C16H19N5O2. The second-order valence-electron chi connectivity index (χ2n) is 6.07. The molecule has 0 unspecified atom stereocenters. The van der Waals surface area contributed by atoms with Gasteiger partial charge < -0.3 is 20.1 Å². The van der Waals surface area contributed by atoms with Crippen LogP contribution in [0.1, 0.15) is 31.0 Å². The van der Waals surface area contributed by atoms with Crippen LogP contribution >= 0.6 is 0 Å². The van der Waals surface area contributed by atoms with E-state index in [2.05, 4.69) is 16.4 Å². The van der Waals surface area contributed by atoms with Crippen LogP contribution in [0.15, 0.2) is 23.2 Å². The smallest absolute Gasteiger partial charge is 0.209 e. The Balaban J connectivity index is 2.51. The molecule has 0 bridgehead atoms. The molecule has 120 valence electrons. The predicted molar refractivity (Wildman–Crippen MR) is 84.5 cm³/mol. The molecule has 23 heavy (non-hydrogen) atoms. The van der Waals surface area contributed by atoms with E-state index in [0.717, 1.165) is 0 Å². The minimum absolute atomic E-state index is 0.322. The first-order chi connectivity index (χ1) is 10.8. The zero-order valence-corrected chi connectivity index (χ0v) is 13.5. The highest BCUT2D eigenvalue weighted by molar-refractivity contribution is 5.81. The topological polar surface area (TPSA) is 105 Å². The minimum atomic E-state index is -0.896. The number of hydrogen-bond donors (Lipinski definition) is 2. The molecule has 0 radical (unpaired) electrons. The summed E-state index contributed by atoms with van der Waals surface area (Å²) >= 11 is 0. The van der Waals surface area contributed by atoms with Gasteiger partial charge in [0.05, 0.1) is 17.7 Å². The lowest BCUT2D eigenvalue weighted by Gasteiger charge is -2.43. The number of nitriles is 2. The fourth-order valence-electron chi connectivity index (χ4n) is 2.47. The maximum absolute atomic E-state index is 10.7. The van der Waals surface area contributed by atoms with E-state index in [0.29, 0.717) is 22.8 Å². The summed E-state index contributed by atoms with van der Waals surface area (Å²) in [4.78, 5) is 5.38. The molecule has 0 spiro atoms. The fraction of sp³-hybridized carbons (Fsp3) is 0.438. The maximum atomic E-state index is 10.7. The molecule has 0 fully saturated rings. The van der Waals surface area contributed by atoms with Crippen LogP contribution < -0.4 is 10.1 Å². The summed E-state index contributed by atoms with van der Waals surface area (Å²) in [5.74, 6) is 0.912. The SMILES string of the molecule is CN(C)/C(=N/C#N)N[C@@H]1c2cc(C#N)ccc2OC(C)(C)[C@H]1O. The van der Waals surface area contributed by atoms with Gasteiger partial charge in [-0.3, -0.25) is 0 Å². The Bertz CT molecular complexity index is 712. The molecule has 0 amide bonds. The van der Waals surface area contributed by atoms with E-state index in [-0.39, 0.29) is 0 Å². The number of nitrogens with one attached hydrogen (secondary N) is 1. The van der Waals surface area contributed by atoms with Crippen molar-refractivity contribution >= 4 is 5.96 Å². The van der Waals surface area contributed by atoms with Gasteiger partial charge >= 0.3 is 0 Å². The molecule has 0 saturated carbocycles. The van der Waals surface area contributed by atoms with Crippen molar-refractivity contribution in [1.82, 2.24) is 10.2 Å². The molecule has 1 heterocycles. The van der Waals surface area contributed by atoms with Crippen LogP contribution in [0.3, 0.4) is 0 Å². The van der Waals surface area contributed by atoms with E-state index in [1.54, 1.807) is 57.2 Å². The molecule has 0 aromatic heterocycles. The third-order valence-electron chi connectivity index (χ3n) is 3.74. The van der Waals surface area contributed by atoms with Gasteiger partial charge in [0, 0.05) is 19.7 Å². The minimum Gasteiger partial charge on any atom is -0.485 e. The van der Waals surface area contributed by atoms with Gasteiger partial charge in [0.25, 0.3) is 0 Å². The highest BCUT2D eigenvalue weighted by atomic mass is 16.5. The zero-order valence-electron chi connectivity index (χ0n) is 13.5. The first-order valence-corrected chi connectivity index (χ1v) is 7.12. The normalized spacial score (nSPS) is 22.1. The van der Waals surface area contributed by atoms with Crippen LogP contribution in [0, 0.1) is 22.8 Å². The number of hydrogen-bond acceptors (Lipinski definition) is 5. The van der Waals surface area contributed by atoms with Gasteiger partial charge in [-0.1, -0.05) is 0 Å². The molecule has 7 heteroatoms. The van der Waals surface area contributed by atoms with Crippen LogP contribution in [0.25, 0.3) is 0 Å². The molecule has 0 saturated heterocycles. The van der Waals surface area contributed by atoms with E-state index < -0.39 is 17.7 Å². The molecule has 1 aromatic rings. The lowest BCUT2D eigenvalue weighted by atomic mass is 9.86. The monoisotopic (exact) mass is 313 g/mol. The Labute approximate surface area is 135 Å². The maximum Gasteiger partial charge on any atom is 0.209 e. The Kier molecular flexibility index (Phi) is 4.44. The number of ether oxygens (including phenoxy) is 1. The van der Waals surface area contributed by atoms with E-state index in [1.807, 2.05) is 0 Å². The Hall–Kier alpha value is -2.77. The van der Waals surface area contributed by atoms with Gasteiger partial charge in [-0.2, -0.15) is 10.5 Å². The number of aliphatic imine (C=N–C) groups is 1. The molecule has 2 atom stereocenters. The Morgan fingerprint density at radius 2 is 2.09 bits per heavy atom. The van der Waals surface area contributed by atoms with E-state index in [1.165, 1.54) is 0 Å². The number of rotatable bonds is 1. The molecule has 2 N–H and O–H groups in total. The zero-order chi connectivity index (χ0) is 17.2. The fourth-order valence-corrected chi connectivity index (χ4v) is 2.47. The average Bonchev–Trinajstić information content (AvgIpc) is 2.50. The summed E-state index contributed by atoms with van der Waals surface area (Å²) in [6, 6.07) is 6.57. The van der Waals surface area contributed by atoms with E-state index in [4.69, 9.17) is 15.3 Å². The standard InChI is InChI=1S/C16H19N5O2/c1-16(2)14(22)13(20-15(19-9-18)21(3)4)11-7-10(8-17)5-6-12(11)23-16/h5-7,13-14,22H,1-4H3,(H,19,20)/t13-,14+/m1/s1. The molecule has 1 aliphatic rings. The second kappa shape index (κ2) is 6.15. The van der Waals surface area contributed by atoms with Crippen molar-refractivity contribution in [3.8, 4) is 18.0 Å². The number of guanidine groups is 1. The van der Waals surface area contributed by atoms with Crippen molar-refractivity contribution in [3.05, 3.63) is 29.3 Å². The van der Waals surface area contributed by atoms with Crippen LogP contribution in [0.5, 0.6) is 5.75 Å². The summed E-state index contributed by atoms with van der Waals surface area (Å²) in [7, 11) is 3.49. The lowest BCUT2D eigenvalue weighted by Crippen LogP contribution is -2.55. The van der Waals surface area contributed by atoms with Gasteiger partial charge in [0.15, 0.2) is 0 Å². The average molecular weight is 313 g/mol. The number of nitrogens with zero attached hydrogens (tertiary/aromatic N) is 4. The third kappa shape index (κ3) is 3.20. The van der Waals surface area contributed by atoms with Crippen molar-refractivity contribution in [2.24, 2.45) is 4.99 Å². The van der Waals surface area contributed by atoms with Crippen molar-refractivity contribution in [2.75, 3.05) is 14.1 Å². The second-order valence-corrected chi connectivity index (χ2v) is 6.07. The van der Waals surface area contributed by atoms with Crippen LogP contribution in [0.2, 0.25) is 0 Å². The van der Waals surface area contributed by atoms with Crippen molar-refractivity contribution in [3.63, 3.8) is 0 Å². The van der Waals surface area contributed by atoms with Gasteiger partial charge in [-0.15, -0.1) is 4.99 Å². The number of aliphatic hydroxyl groups is 1. The molecule has 2 rings (SSSR count). The first-order valence-electron chi connectivity index (χ1n) is 7.12. The van der Waals surface area contributed by atoms with Crippen LogP contribution in [-0.2, 0) is 0 Å². The van der Waals surface area contributed by atoms with Crippen molar-refractivity contribution in [1.29, 1.82) is 10.5 Å². The molecular weight excluding hydrogens is 294 g/mol. The van der Waals surface area contributed by atoms with E-state index >= 15 is 0 Å². The predicted octanol–water partition coefficient (Wildman–Crippen LogP) is 1.12. The van der Waals surface area contributed by atoms with Gasteiger partial charge in [0.1, 0.15) is 17.5 Å². The molecule has 1 aliphatic heterocycles.